The number of hydrogen-bond acceptors (Lipinski definition) is 8. The molecular weight excluding hydrogens is 506 g/mol. The van der Waals surface area contributed by atoms with E-state index in [2.05, 4.69) is 15.3 Å². The van der Waals surface area contributed by atoms with E-state index in [1.165, 1.54) is 9.80 Å². The SMILES string of the molecule is CCOCCc1cc(C(=O)NC(CCC(=O)O)C(=O)N2CCN(C(=O)OCC)CC2)nc(-c2ccccc2)n1. The zero-order chi connectivity index (χ0) is 28.2. The molecule has 0 radical (unpaired) electrons. The summed E-state index contributed by atoms with van der Waals surface area (Å²) in [5, 5.41) is 11.9. The van der Waals surface area contributed by atoms with Crippen molar-refractivity contribution in [1.82, 2.24) is 25.1 Å². The van der Waals surface area contributed by atoms with E-state index in [-0.39, 0.29) is 51.3 Å². The number of nitrogens with zero attached hydrogens (tertiary/aromatic N) is 4. The van der Waals surface area contributed by atoms with E-state index in [0.29, 0.717) is 31.2 Å². The van der Waals surface area contributed by atoms with E-state index in [0.717, 1.165) is 5.56 Å². The Hall–Kier alpha value is -4.06. The molecule has 3 rings (SSSR count). The molecule has 0 aliphatic carbocycles. The summed E-state index contributed by atoms with van der Waals surface area (Å²) in [4.78, 5) is 62.0. The quantitative estimate of drug-likeness (QED) is 0.384. The summed E-state index contributed by atoms with van der Waals surface area (Å²) in [7, 11) is 0. The molecule has 12 nitrogen and oxygen atoms in total. The Morgan fingerprint density at radius 1 is 1.00 bits per heavy atom. The molecule has 2 aromatic rings. The molecule has 0 saturated carbocycles. The Bertz CT molecular complexity index is 1140. The second-order valence-electron chi connectivity index (χ2n) is 8.85. The van der Waals surface area contributed by atoms with Crippen LogP contribution < -0.4 is 5.32 Å². The smallest absolute Gasteiger partial charge is 0.409 e. The number of aliphatic carboxylic acids is 1. The zero-order valence-electron chi connectivity index (χ0n) is 22.3. The maximum absolute atomic E-state index is 13.3. The van der Waals surface area contributed by atoms with Crippen molar-refractivity contribution in [2.24, 2.45) is 0 Å². The van der Waals surface area contributed by atoms with Gasteiger partial charge in [-0.1, -0.05) is 30.3 Å². The molecule has 3 amide bonds. The molecule has 1 aliphatic rings. The highest BCUT2D eigenvalue weighted by Crippen LogP contribution is 2.17. The first-order chi connectivity index (χ1) is 18.8. The van der Waals surface area contributed by atoms with Crippen LogP contribution >= 0.6 is 0 Å². The lowest BCUT2D eigenvalue weighted by Gasteiger charge is -2.35. The molecule has 0 spiro atoms. The molecule has 1 aromatic heterocycles. The molecule has 0 bridgehead atoms. The number of carbonyl (C=O) groups excluding carboxylic acids is 3. The first kappa shape index (κ1) is 29.5. The molecule has 1 aliphatic heterocycles. The fourth-order valence-electron chi connectivity index (χ4n) is 4.08. The van der Waals surface area contributed by atoms with Gasteiger partial charge in [-0.05, 0) is 26.3 Å². The monoisotopic (exact) mass is 541 g/mol. The third-order valence-electron chi connectivity index (χ3n) is 6.12. The van der Waals surface area contributed by atoms with Crippen LogP contribution in [0.1, 0.15) is 42.9 Å². The molecule has 39 heavy (non-hydrogen) atoms. The Morgan fingerprint density at radius 3 is 2.33 bits per heavy atom. The highest BCUT2D eigenvalue weighted by atomic mass is 16.6. The van der Waals surface area contributed by atoms with Gasteiger partial charge in [0, 0.05) is 56.9 Å². The third kappa shape index (κ3) is 8.74. The number of carboxylic acids is 1. The van der Waals surface area contributed by atoms with Crippen molar-refractivity contribution in [2.45, 2.75) is 39.2 Å². The van der Waals surface area contributed by atoms with E-state index in [9.17, 15) is 24.3 Å². The zero-order valence-corrected chi connectivity index (χ0v) is 22.3. The lowest BCUT2D eigenvalue weighted by molar-refractivity contribution is -0.138. The Kier molecular flexibility index (Phi) is 11.2. The van der Waals surface area contributed by atoms with Gasteiger partial charge in [0.2, 0.25) is 5.91 Å². The van der Waals surface area contributed by atoms with E-state index in [4.69, 9.17) is 9.47 Å². The van der Waals surface area contributed by atoms with Crippen molar-refractivity contribution in [2.75, 3.05) is 46.0 Å². The van der Waals surface area contributed by atoms with Gasteiger partial charge in [0.05, 0.1) is 13.2 Å². The number of nitrogens with one attached hydrogen (secondary N) is 1. The minimum atomic E-state index is -1.08. The lowest BCUT2D eigenvalue weighted by Crippen LogP contribution is -2.56. The van der Waals surface area contributed by atoms with E-state index < -0.39 is 29.9 Å². The van der Waals surface area contributed by atoms with E-state index in [1.807, 2.05) is 37.3 Å². The number of benzene rings is 1. The van der Waals surface area contributed by atoms with Crippen LogP contribution in [-0.2, 0) is 25.5 Å². The topological polar surface area (TPSA) is 151 Å². The van der Waals surface area contributed by atoms with Crippen molar-refractivity contribution >= 4 is 23.9 Å². The van der Waals surface area contributed by atoms with Crippen LogP contribution in [0.3, 0.4) is 0 Å². The summed E-state index contributed by atoms with van der Waals surface area (Å²) >= 11 is 0. The van der Waals surface area contributed by atoms with Crippen LogP contribution in [0.15, 0.2) is 36.4 Å². The fraction of sp³-hybridized carbons (Fsp3) is 0.481. The summed E-state index contributed by atoms with van der Waals surface area (Å²) in [6.45, 7) is 5.86. The molecule has 1 aromatic carbocycles. The van der Waals surface area contributed by atoms with Gasteiger partial charge < -0.3 is 29.7 Å². The molecule has 2 heterocycles. The summed E-state index contributed by atoms with van der Waals surface area (Å²) in [5.41, 5.74) is 1.39. The lowest BCUT2D eigenvalue weighted by atomic mass is 10.1. The first-order valence-electron chi connectivity index (χ1n) is 13.1. The van der Waals surface area contributed by atoms with Crippen LogP contribution in [-0.4, -0.2) is 101 Å². The van der Waals surface area contributed by atoms with E-state index in [1.54, 1.807) is 13.0 Å². The minimum Gasteiger partial charge on any atom is -0.481 e. The summed E-state index contributed by atoms with van der Waals surface area (Å²) < 4.78 is 10.5. The van der Waals surface area contributed by atoms with Crippen molar-refractivity contribution < 1.29 is 33.8 Å². The number of ether oxygens (including phenoxy) is 2. The second-order valence-corrected chi connectivity index (χ2v) is 8.85. The van der Waals surface area contributed by atoms with Gasteiger partial charge in [0.25, 0.3) is 5.91 Å². The molecule has 1 saturated heterocycles. The van der Waals surface area contributed by atoms with Gasteiger partial charge in [-0.3, -0.25) is 14.4 Å². The van der Waals surface area contributed by atoms with Crippen molar-refractivity contribution in [3.05, 3.63) is 47.8 Å². The van der Waals surface area contributed by atoms with E-state index >= 15 is 0 Å². The Labute approximate surface area is 227 Å². The average Bonchev–Trinajstić information content (AvgIpc) is 2.95. The van der Waals surface area contributed by atoms with Gasteiger partial charge in [-0.15, -0.1) is 0 Å². The van der Waals surface area contributed by atoms with Crippen molar-refractivity contribution in [3.63, 3.8) is 0 Å². The normalized spacial score (nSPS) is 14.0. The number of amides is 3. The fourth-order valence-corrected chi connectivity index (χ4v) is 4.08. The maximum Gasteiger partial charge on any atom is 0.409 e. The number of piperazine rings is 1. The summed E-state index contributed by atoms with van der Waals surface area (Å²) in [5.74, 6) is -1.75. The van der Waals surface area contributed by atoms with Crippen molar-refractivity contribution in [3.8, 4) is 11.4 Å². The molecule has 1 atom stereocenters. The Balaban J connectivity index is 1.78. The average molecular weight is 542 g/mol. The molecule has 210 valence electrons. The number of aromatic nitrogens is 2. The van der Waals surface area contributed by atoms with Crippen LogP contribution in [0.5, 0.6) is 0 Å². The van der Waals surface area contributed by atoms with Crippen LogP contribution in [0.2, 0.25) is 0 Å². The molecule has 2 N–H and O–H groups in total. The predicted octanol–water partition coefficient (Wildman–Crippen LogP) is 1.99. The van der Waals surface area contributed by atoms with Gasteiger partial charge in [0.15, 0.2) is 5.82 Å². The molecule has 1 fully saturated rings. The summed E-state index contributed by atoms with van der Waals surface area (Å²) in [6, 6.07) is 9.68. The van der Waals surface area contributed by atoms with Crippen molar-refractivity contribution in [1.29, 1.82) is 0 Å². The molecule has 1 unspecified atom stereocenters. The number of rotatable bonds is 12. The largest absolute Gasteiger partial charge is 0.481 e. The molecule has 12 heteroatoms. The maximum atomic E-state index is 13.3. The van der Waals surface area contributed by atoms with Crippen LogP contribution in [0.4, 0.5) is 4.79 Å². The van der Waals surface area contributed by atoms with Crippen LogP contribution in [0.25, 0.3) is 11.4 Å². The predicted molar refractivity (Wildman–Crippen MR) is 141 cm³/mol. The second kappa shape index (κ2) is 14.8. The van der Waals surface area contributed by atoms with Gasteiger partial charge in [0.1, 0.15) is 11.7 Å². The standard InChI is InChI=1S/C27H35N5O7/c1-3-38-17-12-20-18-22(29-24(28-20)19-8-6-5-7-9-19)25(35)30-21(10-11-23(33)34)26(36)31-13-15-32(16-14-31)27(37)39-4-2/h5-9,18,21H,3-4,10-17H2,1-2H3,(H,30,35)(H,33,34). The first-order valence-corrected chi connectivity index (χ1v) is 13.1. The highest BCUT2D eigenvalue weighted by molar-refractivity contribution is 5.96. The minimum absolute atomic E-state index is 0.0654. The Morgan fingerprint density at radius 2 is 1.69 bits per heavy atom. The van der Waals surface area contributed by atoms with Gasteiger partial charge in [-0.25, -0.2) is 14.8 Å². The molecular formula is C27H35N5O7. The third-order valence-corrected chi connectivity index (χ3v) is 6.12. The van der Waals surface area contributed by atoms with Gasteiger partial charge >= 0.3 is 12.1 Å². The highest BCUT2D eigenvalue weighted by Gasteiger charge is 2.31. The number of carboxylic acid groups (broad SMARTS) is 1. The van der Waals surface area contributed by atoms with Gasteiger partial charge in [-0.2, -0.15) is 0 Å². The van der Waals surface area contributed by atoms with Crippen LogP contribution in [0, 0.1) is 0 Å². The summed E-state index contributed by atoms with van der Waals surface area (Å²) in [6.07, 6.45) is -0.384. The number of hydrogen-bond donors (Lipinski definition) is 2. The number of carbonyl (C=O) groups is 4.